The fraction of sp³-hybridized carbons (Fsp3) is 0.296. The lowest BCUT2D eigenvalue weighted by atomic mass is 10.1. The third kappa shape index (κ3) is 6.65. The van der Waals surface area contributed by atoms with Gasteiger partial charge in [-0.25, -0.2) is 0 Å². The van der Waals surface area contributed by atoms with Gasteiger partial charge >= 0.3 is 11.9 Å². The number of nitro groups is 1. The maximum Gasteiger partial charge on any atom is 0.416 e. The standard InChI is InChI=1S/C27H26F3N3O4/c1-19-8-9-25(24(14-19)33(35)36)37-18-21-5-2-6-22(15-21)26(34)32-12-10-31(11-13-32)17-20-4-3-7-23(16-20)27(28,29)30/h2-9,14-16H,10-13,17-18H2,1H3. The molecule has 7 nitrogen and oxygen atoms in total. The number of halogens is 3. The van der Waals surface area contributed by atoms with Crippen LogP contribution in [0.5, 0.6) is 5.75 Å². The smallest absolute Gasteiger partial charge is 0.416 e. The molecule has 3 aromatic rings. The minimum atomic E-state index is -4.38. The van der Waals surface area contributed by atoms with Gasteiger partial charge in [0.15, 0.2) is 5.75 Å². The molecule has 1 heterocycles. The van der Waals surface area contributed by atoms with Crippen LogP contribution < -0.4 is 4.74 Å². The Labute approximate surface area is 212 Å². The zero-order chi connectivity index (χ0) is 26.6. The number of nitro benzene ring substituents is 1. The van der Waals surface area contributed by atoms with Crippen LogP contribution in [0.4, 0.5) is 18.9 Å². The molecule has 1 aliphatic heterocycles. The number of ether oxygens (including phenoxy) is 1. The van der Waals surface area contributed by atoms with E-state index in [0.29, 0.717) is 49.4 Å². The number of hydrogen-bond acceptors (Lipinski definition) is 5. The highest BCUT2D eigenvalue weighted by Gasteiger charge is 2.30. The maximum absolute atomic E-state index is 13.1. The third-order valence-electron chi connectivity index (χ3n) is 6.20. The van der Waals surface area contributed by atoms with Gasteiger partial charge in [-0.15, -0.1) is 0 Å². The lowest BCUT2D eigenvalue weighted by Gasteiger charge is -2.35. The normalized spacial score (nSPS) is 14.4. The highest BCUT2D eigenvalue weighted by atomic mass is 19.4. The second-order valence-corrected chi connectivity index (χ2v) is 8.98. The van der Waals surface area contributed by atoms with Crippen molar-refractivity contribution in [2.45, 2.75) is 26.3 Å². The molecule has 0 unspecified atom stereocenters. The summed E-state index contributed by atoms with van der Waals surface area (Å²) >= 11 is 0. The van der Waals surface area contributed by atoms with Crippen molar-refractivity contribution in [3.05, 3.63) is 105 Å². The largest absolute Gasteiger partial charge is 0.482 e. The van der Waals surface area contributed by atoms with Gasteiger partial charge < -0.3 is 9.64 Å². The zero-order valence-corrected chi connectivity index (χ0v) is 20.2. The number of benzene rings is 3. The maximum atomic E-state index is 13.1. The number of amides is 1. The number of rotatable bonds is 7. The molecule has 0 N–H and O–H groups in total. The van der Waals surface area contributed by atoms with Gasteiger partial charge in [0.05, 0.1) is 10.5 Å². The highest BCUT2D eigenvalue weighted by Crippen LogP contribution is 2.30. The quantitative estimate of drug-likeness (QED) is 0.310. The summed E-state index contributed by atoms with van der Waals surface area (Å²) in [6, 6.07) is 17.0. The third-order valence-corrected chi connectivity index (χ3v) is 6.20. The fourth-order valence-corrected chi connectivity index (χ4v) is 4.24. The van der Waals surface area contributed by atoms with Crippen LogP contribution in [0.3, 0.4) is 0 Å². The molecule has 0 saturated carbocycles. The molecule has 10 heteroatoms. The Morgan fingerprint density at radius 1 is 0.973 bits per heavy atom. The molecule has 3 aromatic carbocycles. The number of piperazine rings is 1. The molecule has 0 aliphatic carbocycles. The van der Waals surface area contributed by atoms with E-state index in [-0.39, 0.29) is 24.0 Å². The van der Waals surface area contributed by atoms with Crippen LogP contribution in [0.25, 0.3) is 0 Å². The molecular formula is C27H26F3N3O4. The van der Waals surface area contributed by atoms with Crippen molar-refractivity contribution in [3.8, 4) is 5.75 Å². The van der Waals surface area contributed by atoms with E-state index < -0.39 is 16.7 Å². The first kappa shape index (κ1) is 26.2. The second-order valence-electron chi connectivity index (χ2n) is 8.98. The van der Waals surface area contributed by atoms with Crippen LogP contribution in [0.15, 0.2) is 66.7 Å². The Morgan fingerprint density at radius 3 is 2.38 bits per heavy atom. The van der Waals surface area contributed by atoms with Crippen molar-refractivity contribution in [1.29, 1.82) is 0 Å². The summed E-state index contributed by atoms with van der Waals surface area (Å²) in [4.78, 5) is 27.6. The average molecular weight is 514 g/mol. The summed E-state index contributed by atoms with van der Waals surface area (Å²) in [6.07, 6.45) is -4.38. The van der Waals surface area contributed by atoms with E-state index in [9.17, 15) is 28.1 Å². The number of carbonyl (C=O) groups excluding carboxylic acids is 1. The van der Waals surface area contributed by atoms with Gasteiger partial charge in [0.25, 0.3) is 5.91 Å². The van der Waals surface area contributed by atoms with Crippen LogP contribution in [-0.4, -0.2) is 46.8 Å². The monoisotopic (exact) mass is 513 g/mol. The summed E-state index contributed by atoms with van der Waals surface area (Å²) in [5, 5.41) is 11.3. The van der Waals surface area contributed by atoms with Crippen molar-refractivity contribution >= 4 is 11.6 Å². The molecule has 0 bridgehead atoms. The molecule has 0 aromatic heterocycles. The first-order valence-electron chi connectivity index (χ1n) is 11.7. The lowest BCUT2D eigenvalue weighted by molar-refractivity contribution is -0.386. The predicted octanol–water partition coefficient (Wildman–Crippen LogP) is 5.46. The Bertz CT molecular complexity index is 1290. The summed E-state index contributed by atoms with van der Waals surface area (Å²) in [5.74, 6) is 0.00565. The molecule has 194 valence electrons. The highest BCUT2D eigenvalue weighted by molar-refractivity contribution is 5.94. The second kappa shape index (κ2) is 11.0. The first-order chi connectivity index (χ1) is 17.6. The van der Waals surface area contributed by atoms with Gasteiger partial charge in [0, 0.05) is 44.4 Å². The van der Waals surface area contributed by atoms with E-state index in [2.05, 4.69) is 0 Å². The van der Waals surface area contributed by atoms with Crippen LogP contribution in [-0.2, 0) is 19.3 Å². The molecule has 0 radical (unpaired) electrons. The molecule has 1 amide bonds. The molecule has 0 atom stereocenters. The van der Waals surface area contributed by atoms with Crippen molar-refractivity contribution in [2.24, 2.45) is 0 Å². The van der Waals surface area contributed by atoms with E-state index in [1.165, 1.54) is 12.1 Å². The molecule has 0 spiro atoms. The van der Waals surface area contributed by atoms with Gasteiger partial charge in [-0.1, -0.05) is 36.4 Å². The number of carbonyl (C=O) groups is 1. The predicted molar refractivity (Wildman–Crippen MR) is 131 cm³/mol. The Balaban J connectivity index is 1.34. The van der Waals surface area contributed by atoms with Crippen molar-refractivity contribution in [2.75, 3.05) is 26.2 Å². The van der Waals surface area contributed by atoms with Gasteiger partial charge in [0.2, 0.25) is 0 Å². The Kier molecular flexibility index (Phi) is 7.77. The first-order valence-corrected chi connectivity index (χ1v) is 11.7. The number of alkyl halides is 3. The molecule has 37 heavy (non-hydrogen) atoms. The summed E-state index contributed by atoms with van der Waals surface area (Å²) in [5.41, 5.74) is 1.72. The van der Waals surface area contributed by atoms with E-state index in [0.717, 1.165) is 17.7 Å². The molecule has 1 fully saturated rings. The summed E-state index contributed by atoms with van der Waals surface area (Å²) in [7, 11) is 0. The SMILES string of the molecule is Cc1ccc(OCc2cccc(C(=O)N3CCN(Cc4cccc(C(F)(F)F)c4)CC3)c2)c([N+](=O)[O-])c1. The lowest BCUT2D eigenvalue weighted by Crippen LogP contribution is -2.48. The van der Waals surface area contributed by atoms with E-state index >= 15 is 0 Å². The molecular weight excluding hydrogens is 487 g/mol. The van der Waals surface area contributed by atoms with Gasteiger partial charge in [0.1, 0.15) is 6.61 Å². The molecule has 4 rings (SSSR count). The van der Waals surface area contributed by atoms with Gasteiger partial charge in [-0.3, -0.25) is 19.8 Å². The van der Waals surface area contributed by atoms with Crippen LogP contribution in [0, 0.1) is 17.0 Å². The molecule has 1 aliphatic rings. The average Bonchev–Trinajstić information content (AvgIpc) is 2.88. The van der Waals surface area contributed by atoms with Crippen LogP contribution in [0.1, 0.15) is 32.6 Å². The van der Waals surface area contributed by atoms with E-state index in [1.54, 1.807) is 54.3 Å². The fourth-order valence-electron chi connectivity index (χ4n) is 4.24. The summed E-state index contributed by atoms with van der Waals surface area (Å²) < 4.78 is 44.6. The number of nitrogens with zero attached hydrogens (tertiary/aromatic N) is 3. The van der Waals surface area contributed by atoms with Crippen molar-refractivity contribution in [3.63, 3.8) is 0 Å². The minimum Gasteiger partial charge on any atom is -0.482 e. The summed E-state index contributed by atoms with van der Waals surface area (Å²) in [6.45, 7) is 4.20. The van der Waals surface area contributed by atoms with Gasteiger partial charge in [-0.05, 0) is 47.9 Å². The number of hydrogen-bond donors (Lipinski definition) is 0. The number of aryl methyl sites for hydroxylation is 1. The van der Waals surface area contributed by atoms with Crippen LogP contribution in [0.2, 0.25) is 0 Å². The van der Waals surface area contributed by atoms with Crippen molar-refractivity contribution in [1.82, 2.24) is 9.80 Å². The minimum absolute atomic E-state index is 0.0653. The topological polar surface area (TPSA) is 75.9 Å². The van der Waals surface area contributed by atoms with E-state index in [1.807, 2.05) is 4.90 Å². The van der Waals surface area contributed by atoms with E-state index in [4.69, 9.17) is 4.74 Å². The van der Waals surface area contributed by atoms with Crippen molar-refractivity contribution < 1.29 is 27.6 Å². The zero-order valence-electron chi connectivity index (χ0n) is 20.2. The van der Waals surface area contributed by atoms with Crippen LogP contribution >= 0.6 is 0 Å². The Hall–Kier alpha value is -3.92. The van der Waals surface area contributed by atoms with Gasteiger partial charge in [-0.2, -0.15) is 13.2 Å². The Morgan fingerprint density at radius 2 is 1.68 bits per heavy atom. The molecule has 1 saturated heterocycles.